The van der Waals surface area contributed by atoms with E-state index in [4.69, 9.17) is 10.5 Å². The standard InChI is InChI=1S/C14H25NO2.ClH/c15-14(16)10-11-6-8-13(9-7-11)17-12-4-2-1-3-5-12;/h11-13H,1-10H2,(H2,15,16);1H. The Hall–Kier alpha value is -0.280. The Morgan fingerprint density at radius 3 is 2.06 bits per heavy atom. The fourth-order valence-electron chi connectivity index (χ4n) is 3.23. The minimum Gasteiger partial charge on any atom is -0.375 e. The van der Waals surface area contributed by atoms with E-state index in [0.29, 0.717) is 24.5 Å². The van der Waals surface area contributed by atoms with Gasteiger partial charge in [0.2, 0.25) is 5.91 Å². The first-order chi connectivity index (χ1) is 8.24. The van der Waals surface area contributed by atoms with Gasteiger partial charge in [0, 0.05) is 6.42 Å². The van der Waals surface area contributed by atoms with E-state index in [-0.39, 0.29) is 18.3 Å². The van der Waals surface area contributed by atoms with Crippen LogP contribution < -0.4 is 5.73 Å². The summed E-state index contributed by atoms with van der Waals surface area (Å²) in [5.74, 6) is 0.361. The lowest BCUT2D eigenvalue weighted by Gasteiger charge is -2.32. The second-order valence-electron chi connectivity index (χ2n) is 5.71. The summed E-state index contributed by atoms with van der Waals surface area (Å²) >= 11 is 0. The molecular formula is C14H26ClNO2. The van der Waals surface area contributed by atoms with E-state index >= 15 is 0 Å². The van der Waals surface area contributed by atoms with E-state index in [1.807, 2.05) is 0 Å². The number of rotatable bonds is 4. The molecular weight excluding hydrogens is 250 g/mol. The van der Waals surface area contributed by atoms with E-state index in [2.05, 4.69) is 0 Å². The number of hydrogen-bond acceptors (Lipinski definition) is 2. The lowest BCUT2D eigenvalue weighted by atomic mass is 9.85. The number of ether oxygens (including phenoxy) is 1. The summed E-state index contributed by atoms with van der Waals surface area (Å²) in [4.78, 5) is 10.9. The molecule has 0 aliphatic heterocycles. The number of nitrogens with two attached hydrogens (primary N) is 1. The van der Waals surface area contributed by atoms with Crippen LogP contribution in [0.4, 0.5) is 0 Å². The molecule has 0 aromatic rings. The summed E-state index contributed by atoms with van der Waals surface area (Å²) in [5, 5.41) is 0. The van der Waals surface area contributed by atoms with Crippen molar-refractivity contribution in [1.29, 1.82) is 0 Å². The lowest BCUT2D eigenvalue weighted by molar-refractivity contribution is -0.119. The summed E-state index contributed by atoms with van der Waals surface area (Å²) in [6, 6.07) is 0. The van der Waals surface area contributed by atoms with Crippen LogP contribution in [0.2, 0.25) is 0 Å². The summed E-state index contributed by atoms with van der Waals surface area (Å²) in [6.45, 7) is 0. The third-order valence-corrected chi connectivity index (χ3v) is 4.22. The van der Waals surface area contributed by atoms with E-state index < -0.39 is 0 Å². The highest BCUT2D eigenvalue weighted by molar-refractivity contribution is 5.85. The summed E-state index contributed by atoms with van der Waals surface area (Å²) in [5.41, 5.74) is 5.24. The quantitative estimate of drug-likeness (QED) is 0.857. The van der Waals surface area contributed by atoms with E-state index in [0.717, 1.165) is 25.7 Å². The SMILES string of the molecule is Cl.NC(=O)CC1CCC(OC2CCCCC2)CC1. The Bertz CT molecular complexity index is 246. The van der Waals surface area contributed by atoms with Gasteiger partial charge in [0.25, 0.3) is 0 Å². The Labute approximate surface area is 116 Å². The van der Waals surface area contributed by atoms with Crippen molar-refractivity contribution in [2.75, 3.05) is 0 Å². The van der Waals surface area contributed by atoms with Crippen molar-refractivity contribution < 1.29 is 9.53 Å². The molecule has 0 unspecified atom stereocenters. The summed E-state index contributed by atoms with van der Waals surface area (Å²) in [7, 11) is 0. The molecule has 2 aliphatic carbocycles. The fourth-order valence-corrected chi connectivity index (χ4v) is 3.23. The molecule has 106 valence electrons. The molecule has 18 heavy (non-hydrogen) atoms. The lowest BCUT2D eigenvalue weighted by Crippen LogP contribution is -2.29. The van der Waals surface area contributed by atoms with Gasteiger partial charge in [0.15, 0.2) is 0 Å². The van der Waals surface area contributed by atoms with Crippen LogP contribution in [0, 0.1) is 5.92 Å². The zero-order chi connectivity index (χ0) is 12.1. The van der Waals surface area contributed by atoms with Crippen LogP contribution >= 0.6 is 12.4 Å². The second-order valence-corrected chi connectivity index (χ2v) is 5.71. The van der Waals surface area contributed by atoms with Gasteiger partial charge in [-0.3, -0.25) is 4.79 Å². The van der Waals surface area contributed by atoms with Crippen molar-refractivity contribution in [1.82, 2.24) is 0 Å². The molecule has 0 aromatic carbocycles. The van der Waals surface area contributed by atoms with Crippen LogP contribution in [0.15, 0.2) is 0 Å². The smallest absolute Gasteiger partial charge is 0.217 e. The highest BCUT2D eigenvalue weighted by atomic mass is 35.5. The maximum Gasteiger partial charge on any atom is 0.217 e. The molecule has 0 atom stereocenters. The van der Waals surface area contributed by atoms with E-state index in [1.54, 1.807) is 0 Å². The average Bonchev–Trinajstić information content (AvgIpc) is 2.32. The number of primary amides is 1. The third kappa shape index (κ3) is 5.15. The normalized spacial score (nSPS) is 29.6. The first-order valence-electron chi connectivity index (χ1n) is 7.18. The van der Waals surface area contributed by atoms with Gasteiger partial charge >= 0.3 is 0 Å². The molecule has 2 aliphatic rings. The summed E-state index contributed by atoms with van der Waals surface area (Å²) in [6.07, 6.45) is 12.5. The van der Waals surface area contributed by atoms with E-state index in [1.165, 1.54) is 32.1 Å². The van der Waals surface area contributed by atoms with Gasteiger partial charge in [-0.1, -0.05) is 19.3 Å². The molecule has 0 aromatic heterocycles. The molecule has 0 spiro atoms. The maximum absolute atomic E-state index is 10.9. The minimum absolute atomic E-state index is 0. The second kappa shape index (κ2) is 8.00. The van der Waals surface area contributed by atoms with Crippen molar-refractivity contribution in [3.05, 3.63) is 0 Å². The maximum atomic E-state index is 10.9. The fraction of sp³-hybridized carbons (Fsp3) is 0.929. The molecule has 0 saturated heterocycles. The van der Waals surface area contributed by atoms with Gasteiger partial charge < -0.3 is 10.5 Å². The minimum atomic E-state index is -0.151. The number of halogens is 1. The predicted molar refractivity (Wildman–Crippen MR) is 74.8 cm³/mol. The molecule has 2 rings (SSSR count). The molecule has 2 N–H and O–H groups in total. The first kappa shape index (κ1) is 15.8. The Morgan fingerprint density at radius 1 is 0.944 bits per heavy atom. The number of amides is 1. The van der Waals surface area contributed by atoms with Crippen LogP contribution in [-0.4, -0.2) is 18.1 Å². The average molecular weight is 276 g/mol. The van der Waals surface area contributed by atoms with Gasteiger partial charge in [0.05, 0.1) is 12.2 Å². The van der Waals surface area contributed by atoms with Crippen LogP contribution in [0.5, 0.6) is 0 Å². The van der Waals surface area contributed by atoms with Crippen LogP contribution in [0.1, 0.15) is 64.2 Å². The number of carbonyl (C=O) groups is 1. The van der Waals surface area contributed by atoms with E-state index in [9.17, 15) is 4.79 Å². The highest BCUT2D eigenvalue weighted by Gasteiger charge is 2.25. The first-order valence-corrected chi connectivity index (χ1v) is 7.18. The molecule has 1 amide bonds. The molecule has 2 fully saturated rings. The van der Waals surface area contributed by atoms with Crippen molar-refractivity contribution in [2.45, 2.75) is 76.4 Å². The molecule has 0 radical (unpaired) electrons. The molecule has 0 bridgehead atoms. The monoisotopic (exact) mass is 275 g/mol. The van der Waals surface area contributed by atoms with Gasteiger partial charge in [-0.25, -0.2) is 0 Å². The Kier molecular flexibility index (Phi) is 7.02. The highest BCUT2D eigenvalue weighted by Crippen LogP contribution is 2.31. The van der Waals surface area contributed by atoms with Crippen LogP contribution in [0.3, 0.4) is 0 Å². The van der Waals surface area contributed by atoms with Gasteiger partial charge in [-0.05, 0) is 44.4 Å². The largest absolute Gasteiger partial charge is 0.375 e. The Morgan fingerprint density at radius 2 is 1.50 bits per heavy atom. The zero-order valence-corrected chi connectivity index (χ0v) is 11.9. The van der Waals surface area contributed by atoms with Gasteiger partial charge in [-0.2, -0.15) is 0 Å². The number of carbonyl (C=O) groups excluding carboxylic acids is 1. The predicted octanol–water partition coefficient (Wildman–Crippen LogP) is 3.19. The van der Waals surface area contributed by atoms with Crippen molar-refractivity contribution in [3.63, 3.8) is 0 Å². The van der Waals surface area contributed by atoms with Gasteiger partial charge in [-0.15, -0.1) is 12.4 Å². The zero-order valence-electron chi connectivity index (χ0n) is 11.1. The van der Waals surface area contributed by atoms with Crippen LogP contribution in [0.25, 0.3) is 0 Å². The number of hydrogen-bond donors (Lipinski definition) is 1. The van der Waals surface area contributed by atoms with Crippen LogP contribution in [-0.2, 0) is 9.53 Å². The van der Waals surface area contributed by atoms with Crippen molar-refractivity contribution in [3.8, 4) is 0 Å². The molecule has 0 heterocycles. The van der Waals surface area contributed by atoms with Gasteiger partial charge in [0.1, 0.15) is 0 Å². The van der Waals surface area contributed by atoms with Crippen molar-refractivity contribution in [2.24, 2.45) is 11.7 Å². The Balaban J connectivity index is 0.00000162. The topological polar surface area (TPSA) is 52.3 Å². The molecule has 4 heteroatoms. The third-order valence-electron chi connectivity index (χ3n) is 4.22. The molecule has 3 nitrogen and oxygen atoms in total. The molecule has 2 saturated carbocycles. The van der Waals surface area contributed by atoms with Crippen molar-refractivity contribution >= 4 is 18.3 Å². The summed E-state index contributed by atoms with van der Waals surface area (Å²) < 4.78 is 6.17.